The second-order valence-electron chi connectivity index (χ2n) is 7.66. The number of aliphatic hydroxyl groups excluding tert-OH is 1. The molecule has 32 heavy (non-hydrogen) atoms. The zero-order chi connectivity index (χ0) is 22.8. The minimum absolute atomic E-state index is 0.228. The summed E-state index contributed by atoms with van der Waals surface area (Å²) >= 11 is 0.757. The Hall–Kier alpha value is -2.60. The molecule has 4 rings (SSSR count). The molecule has 1 N–H and O–H groups in total. The summed E-state index contributed by atoms with van der Waals surface area (Å²) in [6.07, 6.45) is 0. The fourth-order valence-electron chi connectivity index (χ4n) is 3.43. The lowest BCUT2D eigenvalue weighted by Crippen LogP contribution is -2.43. The lowest BCUT2D eigenvalue weighted by molar-refractivity contribution is 0.0902. The molecule has 0 spiro atoms. The maximum absolute atomic E-state index is 14.4. The van der Waals surface area contributed by atoms with Crippen LogP contribution in [-0.4, -0.2) is 75.3 Å². The van der Waals surface area contributed by atoms with E-state index >= 15 is 0 Å². The van der Waals surface area contributed by atoms with Crippen LogP contribution in [0.2, 0.25) is 0 Å². The number of aliphatic hydroxyl groups is 1. The lowest BCUT2D eigenvalue weighted by atomic mass is 10.1. The number of furan rings is 1. The number of rotatable bonds is 7. The molecule has 1 aliphatic heterocycles. The van der Waals surface area contributed by atoms with Crippen molar-refractivity contribution in [2.75, 3.05) is 39.8 Å². The predicted molar refractivity (Wildman–Crippen MR) is 113 cm³/mol. The van der Waals surface area contributed by atoms with Crippen molar-refractivity contribution in [2.45, 2.75) is 16.6 Å². The standard InChI is InChI=1S/C21H23F2N5O3S/c1-26-5-7-28(8-6-26)11-14-3-4-18(31-14)20-24-25-21(27(20)2)32-19-15(22)9-13(10-16(19)23)17(30)12-29/h3-4,9-10,29H,5-8,11-12H2,1-2H3. The van der Waals surface area contributed by atoms with Gasteiger partial charge in [-0.15, -0.1) is 10.2 Å². The SMILES string of the molecule is CN1CCN(Cc2ccc(-c3nnc(Sc4c(F)cc(C(=O)CO)cc4F)n3C)o2)CC1. The van der Waals surface area contributed by atoms with Gasteiger partial charge in [-0.3, -0.25) is 9.69 Å². The number of nitrogens with zero attached hydrogens (tertiary/aromatic N) is 5. The molecule has 0 bridgehead atoms. The molecule has 0 aliphatic carbocycles. The van der Waals surface area contributed by atoms with Crippen molar-refractivity contribution in [1.29, 1.82) is 0 Å². The van der Waals surface area contributed by atoms with E-state index in [9.17, 15) is 13.6 Å². The van der Waals surface area contributed by atoms with Gasteiger partial charge in [-0.25, -0.2) is 8.78 Å². The van der Waals surface area contributed by atoms with Crippen LogP contribution in [0, 0.1) is 11.6 Å². The number of carbonyl (C=O) groups excluding carboxylic acids is 1. The molecular weight excluding hydrogens is 440 g/mol. The molecule has 0 radical (unpaired) electrons. The summed E-state index contributed by atoms with van der Waals surface area (Å²) in [7, 11) is 3.78. The maximum atomic E-state index is 14.4. The van der Waals surface area contributed by atoms with E-state index in [1.807, 2.05) is 6.07 Å². The zero-order valence-corrected chi connectivity index (χ0v) is 18.5. The van der Waals surface area contributed by atoms with Crippen LogP contribution in [0.15, 0.2) is 38.7 Å². The Morgan fingerprint density at radius 3 is 2.47 bits per heavy atom. The highest BCUT2D eigenvalue weighted by Crippen LogP contribution is 2.33. The third-order valence-electron chi connectivity index (χ3n) is 5.35. The van der Waals surface area contributed by atoms with E-state index in [1.54, 1.807) is 17.7 Å². The molecule has 11 heteroatoms. The first kappa shape index (κ1) is 22.6. The third kappa shape index (κ3) is 4.75. The molecule has 3 aromatic rings. The highest BCUT2D eigenvalue weighted by Gasteiger charge is 2.21. The fraction of sp³-hybridized carbons (Fsp3) is 0.381. The Kier molecular flexibility index (Phi) is 6.70. The van der Waals surface area contributed by atoms with E-state index in [4.69, 9.17) is 9.52 Å². The van der Waals surface area contributed by atoms with Crippen LogP contribution >= 0.6 is 11.8 Å². The molecular formula is C21H23F2N5O3S. The molecule has 0 unspecified atom stereocenters. The number of benzene rings is 1. The summed E-state index contributed by atoms with van der Waals surface area (Å²) in [4.78, 5) is 15.8. The zero-order valence-electron chi connectivity index (χ0n) is 17.7. The quantitative estimate of drug-likeness (QED) is 0.535. The molecule has 1 aliphatic rings. The summed E-state index contributed by atoms with van der Waals surface area (Å²) in [5, 5.41) is 17.3. The molecule has 1 fully saturated rings. The highest BCUT2D eigenvalue weighted by molar-refractivity contribution is 7.99. The molecule has 8 nitrogen and oxygen atoms in total. The van der Waals surface area contributed by atoms with Crippen LogP contribution in [0.5, 0.6) is 0 Å². The van der Waals surface area contributed by atoms with Gasteiger partial charge in [0.1, 0.15) is 24.0 Å². The minimum Gasteiger partial charge on any atom is -0.456 e. The van der Waals surface area contributed by atoms with Gasteiger partial charge >= 0.3 is 0 Å². The Morgan fingerprint density at radius 1 is 1.12 bits per heavy atom. The first-order valence-corrected chi connectivity index (χ1v) is 10.9. The Morgan fingerprint density at radius 2 is 1.81 bits per heavy atom. The van der Waals surface area contributed by atoms with Crippen molar-refractivity contribution >= 4 is 17.5 Å². The van der Waals surface area contributed by atoms with Crippen LogP contribution in [-0.2, 0) is 13.6 Å². The molecule has 2 aromatic heterocycles. The number of aromatic nitrogens is 3. The van der Waals surface area contributed by atoms with E-state index in [0.717, 1.165) is 55.8 Å². The van der Waals surface area contributed by atoms with Crippen molar-refractivity contribution in [1.82, 2.24) is 24.6 Å². The van der Waals surface area contributed by atoms with Crippen LogP contribution in [0.4, 0.5) is 8.78 Å². The van der Waals surface area contributed by atoms with Gasteiger partial charge in [-0.2, -0.15) is 0 Å². The Labute approximate surface area is 187 Å². The number of piperazine rings is 1. The van der Waals surface area contributed by atoms with E-state index in [-0.39, 0.29) is 15.6 Å². The number of carbonyl (C=O) groups is 1. The molecule has 3 heterocycles. The van der Waals surface area contributed by atoms with Crippen molar-refractivity contribution in [2.24, 2.45) is 7.05 Å². The Bertz CT molecular complexity index is 1100. The first-order chi connectivity index (χ1) is 15.4. The lowest BCUT2D eigenvalue weighted by Gasteiger charge is -2.31. The average Bonchev–Trinajstić information content (AvgIpc) is 3.38. The van der Waals surface area contributed by atoms with Gasteiger partial charge in [0.15, 0.2) is 22.5 Å². The summed E-state index contributed by atoms with van der Waals surface area (Å²) in [6.45, 7) is 3.84. The van der Waals surface area contributed by atoms with Crippen molar-refractivity contribution < 1.29 is 23.1 Å². The topological polar surface area (TPSA) is 87.6 Å². The van der Waals surface area contributed by atoms with Gasteiger partial charge in [0.25, 0.3) is 0 Å². The summed E-state index contributed by atoms with van der Waals surface area (Å²) in [6, 6.07) is 5.50. The second-order valence-corrected chi connectivity index (χ2v) is 8.64. The van der Waals surface area contributed by atoms with Gasteiger partial charge in [0.05, 0.1) is 11.4 Å². The number of ketones is 1. The minimum atomic E-state index is -0.913. The van der Waals surface area contributed by atoms with Gasteiger partial charge in [-0.05, 0) is 43.1 Å². The smallest absolute Gasteiger partial charge is 0.200 e. The summed E-state index contributed by atoms with van der Waals surface area (Å²) < 4.78 is 36.4. The molecule has 0 atom stereocenters. The van der Waals surface area contributed by atoms with Gasteiger partial charge < -0.3 is 19.0 Å². The van der Waals surface area contributed by atoms with Crippen molar-refractivity contribution in [3.8, 4) is 11.6 Å². The molecule has 0 amide bonds. The monoisotopic (exact) mass is 463 g/mol. The van der Waals surface area contributed by atoms with Gasteiger partial charge in [-0.1, -0.05) is 0 Å². The number of likely N-dealkylation sites (N-methyl/N-ethyl adjacent to an activating group) is 1. The van der Waals surface area contributed by atoms with Crippen molar-refractivity contribution in [3.05, 3.63) is 47.2 Å². The number of hydrogen-bond donors (Lipinski definition) is 1. The van der Waals surface area contributed by atoms with Gasteiger partial charge in [0.2, 0.25) is 0 Å². The predicted octanol–water partition coefficient (Wildman–Crippen LogP) is 2.43. The van der Waals surface area contributed by atoms with Gasteiger partial charge in [0, 0.05) is 38.8 Å². The van der Waals surface area contributed by atoms with Crippen LogP contribution in [0.25, 0.3) is 11.6 Å². The number of Topliss-reactive ketones (excluding diaryl/α,β-unsaturated/α-hetero) is 1. The Balaban J connectivity index is 1.50. The van der Waals surface area contributed by atoms with Crippen LogP contribution in [0.1, 0.15) is 16.1 Å². The largest absolute Gasteiger partial charge is 0.456 e. The molecule has 1 aromatic carbocycles. The third-order valence-corrected chi connectivity index (χ3v) is 6.48. The van der Waals surface area contributed by atoms with Crippen LogP contribution in [0.3, 0.4) is 0 Å². The van der Waals surface area contributed by atoms with E-state index in [0.29, 0.717) is 18.1 Å². The fourth-order valence-corrected chi connectivity index (χ4v) is 4.23. The van der Waals surface area contributed by atoms with E-state index in [1.165, 1.54) is 0 Å². The highest BCUT2D eigenvalue weighted by atomic mass is 32.2. The maximum Gasteiger partial charge on any atom is 0.200 e. The molecule has 170 valence electrons. The first-order valence-electron chi connectivity index (χ1n) is 10.1. The molecule has 1 saturated heterocycles. The average molecular weight is 464 g/mol. The van der Waals surface area contributed by atoms with E-state index in [2.05, 4.69) is 27.0 Å². The molecule has 0 saturated carbocycles. The summed E-state index contributed by atoms with van der Waals surface area (Å²) in [5.74, 6) is -0.827. The second kappa shape index (κ2) is 9.49. The van der Waals surface area contributed by atoms with E-state index < -0.39 is 24.0 Å². The number of hydrogen-bond acceptors (Lipinski definition) is 8. The normalized spacial score (nSPS) is 15.4. The summed E-state index contributed by atoms with van der Waals surface area (Å²) in [5.41, 5.74) is -0.228. The van der Waals surface area contributed by atoms with Crippen LogP contribution < -0.4 is 0 Å². The van der Waals surface area contributed by atoms with Crippen molar-refractivity contribution in [3.63, 3.8) is 0 Å². The number of halogens is 2.